The fourth-order valence-corrected chi connectivity index (χ4v) is 2.45. The van der Waals surface area contributed by atoms with Crippen molar-refractivity contribution < 1.29 is 9.21 Å². The molecule has 3 rings (SSSR count). The van der Waals surface area contributed by atoms with Crippen molar-refractivity contribution in [3.8, 4) is 0 Å². The first-order chi connectivity index (χ1) is 8.84. The highest BCUT2D eigenvalue weighted by molar-refractivity contribution is 5.92. The molecule has 0 unspecified atom stereocenters. The third-order valence-corrected chi connectivity index (χ3v) is 3.53. The maximum atomic E-state index is 12.1. The van der Waals surface area contributed by atoms with Crippen LogP contribution in [0, 0.1) is 0 Å². The standard InChI is InChI=1S/C13H17N3O2/c17-13(16-7-1-2-8-16)11-9-18-12(15-11)10-3-5-14-6-4-10/h1-2,9-10,14H,3-8H2. The average Bonchev–Trinajstić information content (AvgIpc) is 3.10. The molecule has 0 bridgehead atoms. The Kier molecular flexibility index (Phi) is 3.15. The zero-order valence-electron chi connectivity index (χ0n) is 10.3. The molecule has 0 aliphatic carbocycles. The monoisotopic (exact) mass is 247 g/mol. The Bertz CT molecular complexity index is 453. The minimum atomic E-state index is -0.0380. The van der Waals surface area contributed by atoms with E-state index in [0.717, 1.165) is 25.9 Å². The lowest BCUT2D eigenvalue weighted by Crippen LogP contribution is -2.29. The highest BCUT2D eigenvalue weighted by atomic mass is 16.3. The van der Waals surface area contributed by atoms with E-state index >= 15 is 0 Å². The summed E-state index contributed by atoms with van der Waals surface area (Å²) >= 11 is 0. The predicted molar refractivity (Wildman–Crippen MR) is 66.4 cm³/mol. The molecule has 1 saturated heterocycles. The van der Waals surface area contributed by atoms with Crippen LogP contribution >= 0.6 is 0 Å². The fraction of sp³-hybridized carbons (Fsp3) is 0.538. The van der Waals surface area contributed by atoms with Gasteiger partial charge in [-0.15, -0.1) is 0 Å². The number of rotatable bonds is 2. The molecule has 0 atom stereocenters. The van der Waals surface area contributed by atoms with E-state index in [1.807, 2.05) is 12.2 Å². The number of hydrogen-bond acceptors (Lipinski definition) is 4. The number of carbonyl (C=O) groups is 1. The van der Waals surface area contributed by atoms with Crippen LogP contribution < -0.4 is 5.32 Å². The summed E-state index contributed by atoms with van der Waals surface area (Å²) in [4.78, 5) is 18.2. The average molecular weight is 247 g/mol. The molecule has 1 N–H and O–H groups in total. The first-order valence-electron chi connectivity index (χ1n) is 6.45. The van der Waals surface area contributed by atoms with Gasteiger partial charge in [-0.05, 0) is 25.9 Å². The number of carbonyl (C=O) groups excluding carboxylic acids is 1. The molecule has 0 radical (unpaired) electrons. The Morgan fingerprint density at radius 1 is 1.33 bits per heavy atom. The molecule has 18 heavy (non-hydrogen) atoms. The van der Waals surface area contributed by atoms with Crippen molar-refractivity contribution in [3.05, 3.63) is 30.0 Å². The molecule has 96 valence electrons. The maximum Gasteiger partial charge on any atom is 0.276 e. The fourth-order valence-electron chi connectivity index (χ4n) is 2.45. The highest BCUT2D eigenvalue weighted by Crippen LogP contribution is 2.24. The molecule has 5 heteroatoms. The Balaban J connectivity index is 1.70. The van der Waals surface area contributed by atoms with Crippen molar-refractivity contribution in [1.82, 2.24) is 15.2 Å². The Morgan fingerprint density at radius 2 is 2.06 bits per heavy atom. The van der Waals surface area contributed by atoms with E-state index in [2.05, 4.69) is 10.3 Å². The molecular formula is C13H17N3O2. The molecular weight excluding hydrogens is 230 g/mol. The van der Waals surface area contributed by atoms with Crippen LogP contribution in [0.25, 0.3) is 0 Å². The lowest BCUT2D eigenvalue weighted by molar-refractivity contribution is 0.0794. The molecule has 2 aliphatic rings. The van der Waals surface area contributed by atoms with E-state index in [4.69, 9.17) is 4.42 Å². The van der Waals surface area contributed by atoms with Crippen molar-refractivity contribution in [2.75, 3.05) is 26.2 Å². The van der Waals surface area contributed by atoms with Gasteiger partial charge in [0.1, 0.15) is 6.26 Å². The summed E-state index contributed by atoms with van der Waals surface area (Å²) < 4.78 is 5.48. The summed E-state index contributed by atoms with van der Waals surface area (Å²) in [7, 11) is 0. The van der Waals surface area contributed by atoms with E-state index in [1.165, 1.54) is 6.26 Å². The van der Waals surface area contributed by atoms with E-state index in [-0.39, 0.29) is 5.91 Å². The summed E-state index contributed by atoms with van der Waals surface area (Å²) in [5.74, 6) is 1.03. The van der Waals surface area contributed by atoms with Gasteiger partial charge in [0.2, 0.25) is 0 Å². The molecule has 3 heterocycles. The molecule has 2 aliphatic heterocycles. The van der Waals surface area contributed by atoms with Crippen LogP contribution in [0.1, 0.15) is 35.1 Å². The van der Waals surface area contributed by atoms with Crippen LogP contribution in [-0.2, 0) is 0 Å². The number of nitrogens with zero attached hydrogens (tertiary/aromatic N) is 2. The SMILES string of the molecule is O=C(c1coc(C2CCNCC2)n1)N1CC=CC1. The molecule has 1 amide bonds. The minimum absolute atomic E-state index is 0.0380. The van der Waals surface area contributed by atoms with Gasteiger partial charge in [0.05, 0.1) is 0 Å². The zero-order chi connectivity index (χ0) is 12.4. The van der Waals surface area contributed by atoms with Crippen LogP contribution in [-0.4, -0.2) is 42.0 Å². The molecule has 5 nitrogen and oxygen atoms in total. The van der Waals surface area contributed by atoms with E-state index in [1.54, 1.807) is 4.90 Å². The summed E-state index contributed by atoms with van der Waals surface area (Å²) in [5, 5.41) is 3.31. The van der Waals surface area contributed by atoms with Gasteiger partial charge in [-0.25, -0.2) is 4.98 Å². The Hall–Kier alpha value is -1.62. The van der Waals surface area contributed by atoms with E-state index < -0.39 is 0 Å². The number of piperidine rings is 1. The maximum absolute atomic E-state index is 12.1. The quantitative estimate of drug-likeness (QED) is 0.797. The number of amides is 1. The van der Waals surface area contributed by atoms with Crippen LogP contribution in [0.15, 0.2) is 22.8 Å². The second kappa shape index (κ2) is 4.94. The van der Waals surface area contributed by atoms with E-state index in [9.17, 15) is 4.79 Å². The predicted octanol–water partition coefficient (Wildman–Crippen LogP) is 1.15. The van der Waals surface area contributed by atoms with Gasteiger partial charge in [-0.1, -0.05) is 12.2 Å². The van der Waals surface area contributed by atoms with Crippen LogP contribution in [0.5, 0.6) is 0 Å². The lowest BCUT2D eigenvalue weighted by Gasteiger charge is -2.19. The number of hydrogen-bond donors (Lipinski definition) is 1. The first kappa shape index (κ1) is 11.5. The van der Waals surface area contributed by atoms with Gasteiger partial charge in [0.15, 0.2) is 11.6 Å². The second-order valence-electron chi connectivity index (χ2n) is 4.78. The largest absolute Gasteiger partial charge is 0.448 e. The number of oxazole rings is 1. The Morgan fingerprint density at radius 3 is 2.78 bits per heavy atom. The Labute approximate surface area is 106 Å². The van der Waals surface area contributed by atoms with Gasteiger partial charge in [-0.3, -0.25) is 4.79 Å². The summed E-state index contributed by atoms with van der Waals surface area (Å²) in [6, 6.07) is 0. The minimum Gasteiger partial charge on any atom is -0.448 e. The van der Waals surface area contributed by atoms with Gasteiger partial charge in [-0.2, -0.15) is 0 Å². The van der Waals surface area contributed by atoms with Gasteiger partial charge in [0.25, 0.3) is 5.91 Å². The van der Waals surface area contributed by atoms with Crippen LogP contribution in [0.3, 0.4) is 0 Å². The molecule has 0 saturated carbocycles. The molecule has 1 fully saturated rings. The van der Waals surface area contributed by atoms with Crippen molar-refractivity contribution in [3.63, 3.8) is 0 Å². The summed E-state index contributed by atoms with van der Waals surface area (Å²) in [5.41, 5.74) is 0.437. The third-order valence-electron chi connectivity index (χ3n) is 3.53. The van der Waals surface area contributed by atoms with Crippen molar-refractivity contribution in [2.24, 2.45) is 0 Å². The summed E-state index contributed by atoms with van der Waals surface area (Å²) in [6.07, 6.45) is 7.54. The number of aromatic nitrogens is 1. The topological polar surface area (TPSA) is 58.4 Å². The van der Waals surface area contributed by atoms with Gasteiger partial charge >= 0.3 is 0 Å². The lowest BCUT2D eigenvalue weighted by atomic mass is 9.98. The van der Waals surface area contributed by atoms with Crippen LogP contribution in [0.4, 0.5) is 0 Å². The first-order valence-corrected chi connectivity index (χ1v) is 6.45. The van der Waals surface area contributed by atoms with Gasteiger partial charge in [0, 0.05) is 19.0 Å². The van der Waals surface area contributed by atoms with Crippen molar-refractivity contribution >= 4 is 5.91 Å². The highest BCUT2D eigenvalue weighted by Gasteiger charge is 2.24. The molecule has 1 aromatic rings. The number of nitrogens with one attached hydrogen (secondary N) is 1. The van der Waals surface area contributed by atoms with E-state index in [0.29, 0.717) is 30.6 Å². The third kappa shape index (κ3) is 2.18. The second-order valence-corrected chi connectivity index (χ2v) is 4.78. The molecule has 1 aromatic heterocycles. The summed E-state index contributed by atoms with van der Waals surface area (Å²) in [6.45, 7) is 3.33. The van der Waals surface area contributed by atoms with Gasteiger partial charge < -0.3 is 14.6 Å². The van der Waals surface area contributed by atoms with Crippen LogP contribution in [0.2, 0.25) is 0 Å². The normalized spacial score (nSPS) is 20.6. The molecule has 0 spiro atoms. The van der Waals surface area contributed by atoms with Crippen molar-refractivity contribution in [1.29, 1.82) is 0 Å². The zero-order valence-corrected chi connectivity index (χ0v) is 10.3. The van der Waals surface area contributed by atoms with Crippen molar-refractivity contribution in [2.45, 2.75) is 18.8 Å². The molecule has 0 aromatic carbocycles. The smallest absolute Gasteiger partial charge is 0.276 e.